The van der Waals surface area contributed by atoms with E-state index in [0.717, 1.165) is 31.6 Å². The molecule has 0 saturated heterocycles. The number of amides is 1. The molecule has 0 aromatic rings. The Morgan fingerprint density at radius 1 is 1.10 bits per heavy atom. The Hall–Kier alpha value is -1.06. The van der Waals surface area contributed by atoms with Crippen LogP contribution in [0.1, 0.15) is 77.0 Å². The average molecular weight is 295 g/mol. The molecule has 0 aromatic heterocycles. The van der Waals surface area contributed by atoms with Gasteiger partial charge in [0.15, 0.2) is 0 Å². The van der Waals surface area contributed by atoms with Gasteiger partial charge >= 0.3 is 5.97 Å². The summed E-state index contributed by atoms with van der Waals surface area (Å²) in [5.74, 6) is 0.181. The van der Waals surface area contributed by atoms with Gasteiger partial charge in [0, 0.05) is 13.0 Å². The van der Waals surface area contributed by atoms with Crippen molar-refractivity contribution < 1.29 is 14.7 Å². The van der Waals surface area contributed by atoms with Crippen molar-refractivity contribution in [3.05, 3.63) is 0 Å². The zero-order valence-electron chi connectivity index (χ0n) is 13.0. The number of carbonyl (C=O) groups is 2. The second-order valence-corrected chi connectivity index (χ2v) is 7.10. The first kappa shape index (κ1) is 16.3. The Morgan fingerprint density at radius 3 is 2.38 bits per heavy atom. The molecule has 0 aromatic carbocycles. The van der Waals surface area contributed by atoms with Gasteiger partial charge in [-0.1, -0.05) is 38.5 Å². The van der Waals surface area contributed by atoms with E-state index in [-0.39, 0.29) is 17.7 Å². The van der Waals surface area contributed by atoms with Gasteiger partial charge in [-0.05, 0) is 37.0 Å². The number of carboxylic acids is 1. The fraction of sp³-hybridized carbons (Fsp3) is 0.882. The minimum atomic E-state index is -0.749. The molecule has 2 aliphatic rings. The Bertz CT molecular complexity index is 357. The molecular weight excluding hydrogens is 266 g/mol. The van der Waals surface area contributed by atoms with Gasteiger partial charge in [0.2, 0.25) is 5.91 Å². The number of rotatable bonds is 8. The van der Waals surface area contributed by atoms with Crippen LogP contribution < -0.4 is 5.32 Å². The van der Waals surface area contributed by atoms with Crippen molar-refractivity contribution in [2.45, 2.75) is 77.0 Å². The fourth-order valence-corrected chi connectivity index (χ4v) is 3.82. The molecule has 0 bridgehead atoms. The minimum Gasteiger partial charge on any atom is -0.481 e. The number of carbonyl (C=O) groups excluding carboxylic acids is 1. The van der Waals surface area contributed by atoms with Crippen LogP contribution in [0.4, 0.5) is 0 Å². The Morgan fingerprint density at radius 2 is 1.81 bits per heavy atom. The number of hydrogen-bond acceptors (Lipinski definition) is 2. The summed E-state index contributed by atoms with van der Waals surface area (Å²) in [5.41, 5.74) is -0.162. The predicted molar refractivity (Wildman–Crippen MR) is 82.0 cm³/mol. The summed E-state index contributed by atoms with van der Waals surface area (Å²) in [6.07, 6.45) is 12.7. The molecule has 0 aliphatic heterocycles. The summed E-state index contributed by atoms with van der Waals surface area (Å²) < 4.78 is 0. The first-order valence-electron chi connectivity index (χ1n) is 8.58. The standard InChI is InChI=1S/C17H29NO3/c19-15(9-4-8-14-6-2-1-3-7-14)18-13-17(10-5-11-17)12-16(20)21/h14H,1-13H2,(H,18,19)(H,20,21). The normalized spacial score (nSPS) is 21.5. The fourth-order valence-electron chi connectivity index (χ4n) is 3.82. The summed E-state index contributed by atoms with van der Waals surface area (Å²) in [4.78, 5) is 22.8. The zero-order valence-corrected chi connectivity index (χ0v) is 13.0. The van der Waals surface area contributed by atoms with Crippen molar-refractivity contribution in [3.63, 3.8) is 0 Å². The van der Waals surface area contributed by atoms with E-state index in [2.05, 4.69) is 5.32 Å². The maximum Gasteiger partial charge on any atom is 0.303 e. The first-order valence-corrected chi connectivity index (χ1v) is 8.58. The molecule has 2 saturated carbocycles. The SMILES string of the molecule is O=C(O)CC1(CNC(=O)CCCC2CCCCC2)CCC1. The molecule has 2 N–H and O–H groups in total. The second-order valence-electron chi connectivity index (χ2n) is 7.10. The molecule has 0 unspecified atom stereocenters. The molecule has 0 atom stereocenters. The lowest BCUT2D eigenvalue weighted by Crippen LogP contribution is -2.43. The molecule has 120 valence electrons. The van der Waals surface area contributed by atoms with E-state index in [4.69, 9.17) is 5.11 Å². The van der Waals surface area contributed by atoms with E-state index in [1.54, 1.807) is 0 Å². The molecule has 0 heterocycles. The average Bonchev–Trinajstić information content (AvgIpc) is 2.42. The highest BCUT2D eigenvalue weighted by Crippen LogP contribution is 2.43. The van der Waals surface area contributed by atoms with Crippen LogP contribution >= 0.6 is 0 Å². The van der Waals surface area contributed by atoms with Crippen LogP contribution in [0.3, 0.4) is 0 Å². The molecule has 4 heteroatoms. The number of aliphatic carboxylic acids is 1. The molecule has 2 fully saturated rings. The highest BCUT2D eigenvalue weighted by Gasteiger charge is 2.39. The smallest absolute Gasteiger partial charge is 0.303 e. The first-order chi connectivity index (χ1) is 10.1. The number of carboxylic acid groups (broad SMARTS) is 1. The van der Waals surface area contributed by atoms with E-state index < -0.39 is 5.97 Å². The van der Waals surface area contributed by atoms with Crippen LogP contribution in [0, 0.1) is 11.3 Å². The van der Waals surface area contributed by atoms with Gasteiger partial charge in [-0.25, -0.2) is 0 Å². The van der Waals surface area contributed by atoms with E-state index in [9.17, 15) is 9.59 Å². The molecule has 0 spiro atoms. The third kappa shape index (κ3) is 5.33. The second kappa shape index (κ2) is 7.81. The zero-order chi connectivity index (χ0) is 15.1. The highest BCUT2D eigenvalue weighted by atomic mass is 16.4. The lowest BCUT2D eigenvalue weighted by molar-refractivity contribution is -0.141. The maximum atomic E-state index is 11.9. The Labute approximate surface area is 127 Å². The molecule has 2 rings (SSSR count). The predicted octanol–water partition coefficient (Wildman–Crippen LogP) is 3.50. The lowest BCUT2D eigenvalue weighted by atomic mass is 9.66. The summed E-state index contributed by atoms with van der Waals surface area (Å²) >= 11 is 0. The number of hydrogen-bond donors (Lipinski definition) is 2. The van der Waals surface area contributed by atoms with Crippen LogP contribution in [0.15, 0.2) is 0 Å². The Balaban J connectivity index is 1.59. The van der Waals surface area contributed by atoms with Crippen molar-refractivity contribution >= 4 is 11.9 Å². The largest absolute Gasteiger partial charge is 0.481 e. The van der Waals surface area contributed by atoms with Gasteiger partial charge in [0.05, 0.1) is 6.42 Å². The summed E-state index contributed by atoms with van der Waals surface area (Å²) in [7, 11) is 0. The van der Waals surface area contributed by atoms with E-state index in [1.807, 2.05) is 0 Å². The topological polar surface area (TPSA) is 66.4 Å². The molecule has 4 nitrogen and oxygen atoms in total. The van der Waals surface area contributed by atoms with Crippen LogP contribution in [0.5, 0.6) is 0 Å². The van der Waals surface area contributed by atoms with Crippen LogP contribution in [0.25, 0.3) is 0 Å². The van der Waals surface area contributed by atoms with Crippen LogP contribution in [-0.4, -0.2) is 23.5 Å². The van der Waals surface area contributed by atoms with Gasteiger partial charge in [-0.15, -0.1) is 0 Å². The van der Waals surface area contributed by atoms with Gasteiger partial charge in [-0.3, -0.25) is 9.59 Å². The van der Waals surface area contributed by atoms with Crippen molar-refractivity contribution in [3.8, 4) is 0 Å². The summed E-state index contributed by atoms with van der Waals surface area (Å²) in [5, 5.41) is 11.9. The van der Waals surface area contributed by atoms with Gasteiger partial charge < -0.3 is 10.4 Å². The van der Waals surface area contributed by atoms with Gasteiger partial charge in [0.1, 0.15) is 0 Å². The third-order valence-electron chi connectivity index (χ3n) is 5.34. The van der Waals surface area contributed by atoms with Crippen molar-refractivity contribution in [1.82, 2.24) is 5.32 Å². The van der Waals surface area contributed by atoms with Crippen molar-refractivity contribution in [1.29, 1.82) is 0 Å². The van der Waals surface area contributed by atoms with Crippen molar-refractivity contribution in [2.75, 3.05) is 6.54 Å². The minimum absolute atomic E-state index is 0.0995. The van der Waals surface area contributed by atoms with Gasteiger partial charge in [-0.2, -0.15) is 0 Å². The monoisotopic (exact) mass is 295 g/mol. The maximum absolute atomic E-state index is 11.9. The number of nitrogens with one attached hydrogen (secondary N) is 1. The molecular formula is C17H29NO3. The molecule has 1 amide bonds. The van der Waals surface area contributed by atoms with E-state index >= 15 is 0 Å². The quantitative estimate of drug-likeness (QED) is 0.720. The Kier molecular flexibility index (Phi) is 6.07. The highest BCUT2D eigenvalue weighted by molar-refractivity contribution is 5.76. The molecule has 0 radical (unpaired) electrons. The van der Waals surface area contributed by atoms with Crippen molar-refractivity contribution in [2.24, 2.45) is 11.3 Å². The summed E-state index contributed by atoms with van der Waals surface area (Å²) in [6.45, 7) is 0.543. The summed E-state index contributed by atoms with van der Waals surface area (Å²) in [6, 6.07) is 0. The van der Waals surface area contributed by atoms with Gasteiger partial charge in [0.25, 0.3) is 0 Å². The van der Waals surface area contributed by atoms with Crippen LogP contribution in [-0.2, 0) is 9.59 Å². The van der Waals surface area contributed by atoms with Crippen LogP contribution in [0.2, 0.25) is 0 Å². The van der Waals surface area contributed by atoms with E-state index in [1.165, 1.54) is 38.5 Å². The van der Waals surface area contributed by atoms with E-state index in [0.29, 0.717) is 13.0 Å². The third-order valence-corrected chi connectivity index (χ3v) is 5.34. The molecule has 21 heavy (non-hydrogen) atoms. The molecule has 2 aliphatic carbocycles. The lowest BCUT2D eigenvalue weighted by Gasteiger charge is -2.40.